The lowest BCUT2D eigenvalue weighted by Gasteiger charge is -2.14. The summed E-state index contributed by atoms with van der Waals surface area (Å²) in [5, 5.41) is 3.34. The molecule has 0 aliphatic rings. The summed E-state index contributed by atoms with van der Waals surface area (Å²) in [5.74, 6) is 2.75. The van der Waals surface area contributed by atoms with E-state index in [2.05, 4.69) is 47.5 Å². The van der Waals surface area contributed by atoms with Gasteiger partial charge in [-0.2, -0.15) is 0 Å². The molecule has 0 spiro atoms. The zero-order valence-corrected chi connectivity index (χ0v) is 13.5. The number of anilines is 1. The molecule has 0 aliphatic carbocycles. The highest BCUT2D eigenvalue weighted by Gasteiger charge is 2.15. The van der Waals surface area contributed by atoms with Crippen molar-refractivity contribution in [1.82, 2.24) is 19.5 Å². The number of rotatable bonds is 7. The Kier molecular flexibility index (Phi) is 5.31. The molecule has 0 bridgehead atoms. The van der Waals surface area contributed by atoms with Crippen LogP contribution in [0.15, 0.2) is 12.4 Å². The Labute approximate surface area is 126 Å². The summed E-state index contributed by atoms with van der Waals surface area (Å²) in [4.78, 5) is 13.9. The number of aryl methyl sites for hydroxylation is 2. The summed E-state index contributed by atoms with van der Waals surface area (Å²) < 4.78 is 2.17. The quantitative estimate of drug-likeness (QED) is 0.847. The van der Waals surface area contributed by atoms with Crippen molar-refractivity contribution in [2.24, 2.45) is 0 Å². The molecule has 0 aromatic carbocycles. The van der Waals surface area contributed by atoms with E-state index in [1.165, 1.54) is 0 Å². The van der Waals surface area contributed by atoms with E-state index in [-0.39, 0.29) is 0 Å². The van der Waals surface area contributed by atoms with Crippen LogP contribution in [0, 0.1) is 6.92 Å². The molecule has 5 nitrogen and oxygen atoms in total. The van der Waals surface area contributed by atoms with Gasteiger partial charge >= 0.3 is 0 Å². The molecule has 2 rings (SSSR count). The number of hydrogen-bond acceptors (Lipinski definition) is 4. The molecule has 0 radical (unpaired) electrons. The standard InChI is InChI=1S/C16H25N5/c1-5-8-13-19-14(12(4)15(20-13)17-7-3)16-18-9-11-21(16)10-6-2/h9,11H,5-8,10H2,1-4H3,(H,17,19,20). The highest BCUT2D eigenvalue weighted by molar-refractivity contribution is 5.63. The normalized spacial score (nSPS) is 10.9. The second-order valence-electron chi connectivity index (χ2n) is 5.19. The van der Waals surface area contributed by atoms with E-state index in [0.29, 0.717) is 0 Å². The van der Waals surface area contributed by atoms with Crippen LogP contribution in [0.25, 0.3) is 11.5 Å². The maximum absolute atomic E-state index is 4.76. The van der Waals surface area contributed by atoms with Crippen LogP contribution in [-0.2, 0) is 13.0 Å². The third kappa shape index (κ3) is 3.40. The molecule has 2 aromatic heterocycles. The first-order chi connectivity index (χ1) is 10.2. The lowest BCUT2D eigenvalue weighted by atomic mass is 10.2. The lowest BCUT2D eigenvalue weighted by Crippen LogP contribution is -2.10. The van der Waals surface area contributed by atoms with Crippen LogP contribution in [0.4, 0.5) is 5.82 Å². The van der Waals surface area contributed by atoms with Gasteiger partial charge in [0.15, 0.2) is 5.82 Å². The fourth-order valence-electron chi connectivity index (χ4n) is 2.40. The predicted octanol–water partition coefficient (Wildman–Crippen LogP) is 3.44. The number of hydrogen-bond donors (Lipinski definition) is 1. The summed E-state index contributed by atoms with van der Waals surface area (Å²) in [6.45, 7) is 10.3. The summed E-state index contributed by atoms with van der Waals surface area (Å²) >= 11 is 0. The summed E-state index contributed by atoms with van der Waals surface area (Å²) in [6, 6.07) is 0. The van der Waals surface area contributed by atoms with Crippen LogP contribution in [-0.4, -0.2) is 26.1 Å². The van der Waals surface area contributed by atoms with Gasteiger partial charge in [0.25, 0.3) is 0 Å². The van der Waals surface area contributed by atoms with Gasteiger partial charge in [0.05, 0.1) is 0 Å². The Hall–Kier alpha value is -1.91. The smallest absolute Gasteiger partial charge is 0.159 e. The Morgan fingerprint density at radius 2 is 1.95 bits per heavy atom. The SMILES string of the molecule is CCCc1nc(NCC)c(C)c(-c2nccn2CCC)n1. The molecule has 0 unspecified atom stereocenters. The van der Waals surface area contributed by atoms with Crippen molar-refractivity contribution >= 4 is 5.82 Å². The second-order valence-corrected chi connectivity index (χ2v) is 5.19. The molecule has 2 heterocycles. The van der Waals surface area contributed by atoms with Gasteiger partial charge in [0.1, 0.15) is 17.3 Å². The molecule has 0 fully saturated rings. The topological polar surface area (TPSA) is 55.6 Å². The highest BCUT2D eigenvalue weighted by Crippen LogP contribution is 2.25. The fraction of sp³-hybridized carbons (Fsp3) is 0.562. The second kappa shape index (κ2) is 7.20. The Bertz CT molecular complexity index is 588. The molecule has 5 heteroatoms. The number of nitrogens with one attached hydrogen (secondary N) is 1. The van der Waals surface area contributed by atoms with Gasteiger partial charge < -0.3 is 9.88 Å². The maximum Gasteiger partial charge on any atom is 0.159 e. The molecule has 114 valence electrons. The van der Waals surface area contributed by atoms with Crippen molar-refractivity contribution in [2.45, 2.75) is 53.5 Å². The van der Waals surface area contributed by atoms with E-state index in [1.807, 2.05) is 12.4 Å². The third-order valence-corrected chi connectivity index (χ3v) is 3.40. The first-order valence-electron chi connectivity index (χ1n) is 7.84. The van der Waals surface area contributed by atoms with Crippen molar-refractivity contribution in [3.63, 3.8) is 0 Å². The molecular weight excluding hydrogens is 262 g/mol. The van der Waals surface area contributed by atoms with Gasteiger partial charge in [0.2, 0.25) is 0 Å². The summed E-state index contributed by atoms with van der Waals surface area (Å²) in [5.41, 5.74) is 2.02. The van der Waals surface area contributed by atoms with Gasteiger partial charge in [-0.25, -0.2) is 15.0 Å². The molecule has 0 aliphatic heterocycles. The van der Waals surface area contributed by atoms with Crippen molar-refractivity contribution < 1.29 is 0 Å². The molecule has 0 saturated heterocycles. The van der Waals surface area contributed by atoms with Crippen molar-refractivity contribution in [3.8, 4) is 11.5 Å². The Morgan fingerprint density at radius 3 is 2.62 bits per heavy atom. The molecule has 21 heavy (non-hydrogen) atoms. The Morgan fingerprint density at radius 1 is 1.14 bits per heavy atom. The monoisotopic (exact) mass is 287 g/mol. The fourth-order valence-corrected chi connectivity index (χ4v) is 2.40. The zero-order chi connectivity index (χ0) is 15.2. The van der Waals surface area contributed by atoms with Crippen molar-refractivity contribution in [1.29, 1.82) is 0 Å². The first kappa shape index (κ1) is 15.5. The van der Waals surface area contributed by atoms with Crippen LogP contribution in [0.2, 0.25) is 0 Å². The van der Waals surface area contributed by atoms with E-state index >= 15 is 0 Å². The molecule has 1 N–H and O–H groups in total. The zero-order valence-electron chi connectivity index (χ0n) is 13.5. The maximum atomic E-state index is 4.76. The molecular formula is C16H25N5. The number of aromatic nitrogens is 4. The van der Waals surface area contributed by atoms with Crippen LogP contribution in [0.1, 0.15) is 45.0 Å². The highest BCUT2D eigenvalue weighted by atomic mass is 15.1. The average molecular weight is 287 g/mol. The van der Waals surface area contributed by atoms with E-state index < -0.39 is 0 Å². The van der Waals surface area contributed by atoms with Crippen molar-refractivity contribution in [2.75, 3.05) is 11.9 Å². The van der Waals surface area contributed by atoms with Crippen LogP contribution < -0.4 is 5.32 Å². The Balaban J connectivity index is 2.52. The lowest BCUT2D eigenvalue weighted by molar-refractivity contribution is 0.682. The van der Waals surface area contributed by atoms with Crippen LogP contribution in [0.3, 0.4) is 0 Å². The summed E-state index contributed by atoms with van der Waals surface area (Å²) in [7, 11) is 0. The van der Waals surface area contributed by atoms with Gasteiger partial charge in [-0.1, -0.05) is 13.8 Å². The minimum Gasteiger partial charge on any atom is -0.370 e. The van der Waals surface area contributed by atoms with Gasteiger partial charge in [-0.3, -0.25) is 0 Å². The molecule has 2 aromatic rings. The minimum absolute atomic E-state index is 0.853. The molecule has 0 saturated carbocycles. The van der Waals surface area contributed by atoms with E-state index in [1.54, 1.807) is 0 Å². The molecule has 0 amide bonds. The van der Waals surface area contributed by atoms with E-state index in [9.17, 15) is 0 Å². The van der Waals surface area contributed by atoms with Crippen molar-refractivity contribution in [3.05, 3.63) is 23.8 Å². The number of imidazole rings is 1. The van der Waals surface area contributed by atoms with Gasteiger partial charge in [-0.15, -0.1) is 0 Å². The van der Waals surface area contributed by atoms with E-state index in [0.717, 1.165) is 61.1 Å². The van der Waals surface area contributed by atoms with Gasteiger partial charge in [-0.05, 0) is 26.7 Å². The minimum atomic E-state index is 0.853. The van der Waals surface area contributed by atoms with Gasteiger partial charge in [0, 0.05) is 37.5 Å². The number of nitrogens with zero attached hydrogens (tertiary/aromatic N) is 4. The van der Waals surface area contributed by atoms with Crippen LogP contribution in [0.5, 0.6) is 0 Å². The van der Waals surface area contributed by atoms with E-state index in [4.69, 9.17) is 4.98 Å². The first-order valence-corrected chi connectivity index (χ1v) is 7.84. The van der Waals surface area contributed by atoms with Crippen LogP contribution >= 0.6 is 0 Å². The predicted molar refractivity (Wildman–Crippen MR) is 86.4 cm³/mol. The molecule has 0 atom stereocenters. The third-order valence-electron chi connectivity index (χ3n) is 3.40. The average Bonchev–Trinajstić information content (AvgIpc) is 2.91. The largest absolute Gasteiger partial charge is 0.370 e. The summed E-state index contributed by atoms with van der Waals surface area (Å²) in [6.07, 6.45) is 6.87.